The molecule has 0 heterocycles. The second-order valence-corrected chi connectivity index (χ2v) is 12.4. The van der Waals surface area contributed by atoms with Gasteiger partial charge in [0.15, 0.2) is 0 Å². The molecular weight excluding hydrogens is 530 g/mol. The van der Waals surface area contributed by atoms with E-state index in [2.05, 4.69) is 5.32 Å². The third-order valence-electron chi connectivity index (χ3n) is 6.33. The molecule has 0 fully saturated rings. The Kier molecular flexibility index (Phi) is 10.6. The fourth-order valence-corrected chi connectivity index (χ4v) is 5.91. The minimum atomic E-state index is -4.08. The molecule has 3 rings (SSSR count). The van der Waals surface area contributed by atoms with Gasteiger partial charge in [0.05, 0.1) is 10.6 Å². The van der Waals surface area contributed by atoms with E-state index < -0.39 is 28.5 Å². The van der Waals surface area contributed by atoms with Gasteiger partial charge in [-0.05, 0) is 82.3 Å². The number of sulfonamides is 1. The summed E-state index contributed by atoms with van der Waals surface area (Å²) in [5.41, 5.74) is 2.36. The van der Waals surface area contributed by atoms with E-state index in [0.29, 0.717) is 12.1 Å². The smallest absolute Gasteiger partial charge is 0.264 e. The molecule has 1 N–H and O–H groups in total. The molecule has 0 aliphatic heterocycles. The van der Waals surface area contributed by atoms with Gasteiger partial charge >= 0.3 is 0 Å². The quantitative estimate of drug-likeness (QED) is 0.315. The average Bonchev–Trinajstić information content (AvgIpc) is 2.92. The van der Waals surface area contributed by atoms with Gasteiger partial charge in [0, 0.05) is 17.5 Å². The average molecular weight is 568 g/mol. The lowest BCUT2D eigenvalue weighted by Crippen LogP contribution is -2.53. The molecule has 0 saturated carbocycles. The molecule has 3 aromatic carbocycles. The minimum Gasteiger partial charge on any atom is -0.352 e. The van der Waals surface area contributed by atoms with E-state index >= 15 is 0 Å². The maximum Gasteiger partial charge on any atom is 0.264 e. The number of benzene rings is 3. The normalized spacial score (nSPS) is 12.2. The molecule has 0 unspecified atom stereocenters. The largest absolute Gasteiger partial charge is 0.352 e. The molecule has 0 saturated heterocycles. The van der Waals surface area contributed by atoms with Crippen LogP contribution in [0.4, 0.5) is 5.69 Å². The molecule has 2 amide bonds. The summed E-state index contributed by atoms with van der Waals surface area (Å²) in [6, 6.07) is 22.4. The SMILES string of the molecule is CSc1ccc(S(=O)(=O)N(CC(=O)N(CCc2ccccc2)[C@@H](C)C(=O)NC(C)C)c2ccc(C)cc2)cc1. The van der Waals surface area contributed by atoms with Crippen molar-refractivity contribution in [2.75, 3.05) is 23.7 Å². The number of amides is 2. The van der Waals surface area contributed by atoms with Crippen LogP contribution in [0.2, 0.25) is 0 Å². The Hall–Kier alpha value is -3.30. The van der Waals surface area contributed by atoms with Crippen molar-refractivity contribution in [1.29, 1.82) is 0 Å². The third kappa shape index (κ3) is 8.10. The lowest BCUT2D eigenvalue weighted by Gasteiger charge is -2.32. The first kappa shape index (κ1) is 30.2. The van der Waals surface area contributed by atoms with Gasteiger partial charge in [-0.3, -0.25) is 13.9 Å². The molecule has 0 aliphatic rings. The van der Waals surface area contributed by atoms with Crippen LogP contribution < -0.4 is 9.62 Å². The van der Waals surface area contributed by atoms with Crippen LogP contribution in [0.1, 0.15) is 31.9 Å². The van der Waals surface area contributed by atoms with E-state index in [0.717, 1.165) is 20.3 Å². The van der Waals surface area contributed by atoms with E-state index in [1.54, 1.807) is 43.3 Å². The molecule has 0 aliphatic carbocycles. The van der Waals surface area contributed by atoms with Crippen molar-refractivity contribution in [3.63, 3.8) is 0 Å². The van der Waals surface area contributed by atoms with Gasteiger partial charge in [-0.2, -0.15) is 0 Å². The van der Waals surface area contributed by atoms with Crippen LogP contribution in [0.5, 0.6) is 0 Å². The van der Waals surface area contributed by atoms with Crippen molar-refractivity contribution < 1.29 is 18.0 Å². The van der Waals surface area contributed by atoms with Crippen molar-refractivity contribution in [3.05, 3.63) is 90.0 Å². The summed E-state index contributed by atoms with van der Waals surface area (Å²) in [5.74, 6) is -0.744. The fourth-order valence-electron chi connectivity index (χ4n) is 4.09. The predicted octanol–water partition coefficient (Wildman–Crippen LogP) is 4.90. The minimum absolute atomic E-state index is 0.0927. The predicted molar refractivity (Wildman–Crippen MR) is 159 cm³/mol. The molecule has 0 radical (unpaired) electrons. The topological polar surface area (TPSA) is 86.8 Å². The summed E-state index contributed by atoms with van der Waals surface area (Å²) in [6.45, 7) is 7.12. The second-order valence-electron chi connectivity index (χ2n) is 9.68. The molecule has 0 spiro atoms. The van der Waals surface area contributed by atoms with Crippen LogP contribution in [-0.2, 0) is 26.0 Å². The molecule has 7 nitrogen and oxygen atoms in total. The Morgan fingerprint density at radius 3 is 2.08 bits per heavy atom. The highest BCUT2D eigenvalue weighted by Crippen LogP contribution is 2.26. The Morgan fingerprint density at radius 1 is 0.897 bits per heavy atom. The number of hydrogen-bond acceptors (Lipinski definition) is 5. The van der Waals surface area contributed by atoms with Gasteiger partial charge in [-0.25, -0.2) is 8.42 Å². The number of anilines is 1. The first-order valence-corrected chi connectivity index (χ1v) is 15.6. The number of thioether (sulfide) groups is 1. The highest BCUT2D eigenvalue weighted by molar-refractivity contribution is 7.98. The van der Waals surface area contributed by atoms with Gasteiger partial charge < -0.3 is 10.2 Å². The van der Waals surface area contributed by atoms with Crippen molar-refractivity contribution in [2.24, 2.45) is 0 Å². The molecule has 9 heteroatoms. The first-order chi connectivity index (χ1) is 18.5. The number of carbonyl (C=O) groups excluding carboxylic acids is 2. The number of rotatable bonds is 12. The van der Waals surface area contributed by atoms with Crippen LogP contribution in [0.25, 0.3) is 0 Å². The van der Waals surface area contributed by atoms with E-state index in [4.69, 9.17) is 0 Å². The molecule has 1 atom stereocenters. The monoisotopic (exact) mass is 567 g/mol. The van der Waals surface area contributed by atoms with Crippen LogP contribution in [0.3, 0.4) is 0 Å². The Labute approximate surface area is 236 Å². The summed E-state index contributed by atoms with van der Waals surface area (Å²) in [7, 11) is -4.08. The van der Waals surface area contributed by atoms with E-state index in [1.807, 2.05) is 69.5 Å². The summed E-state index contributed by atoms with van der Waals surface area (Å²) < 4.78 is 28.9. The Balaban J connectivity index is 1.97. The maximum absolute atomic E-state index is 13.9. The number of nitrogens with zero attached hydrogens (tertiary/aromatic N) is 2. The zero-order valence-corrected chi connectivity index (χ0v) is 24.8. The van der Waals surface area contributed by atoms with Crippen molar-refractivity contribution in [2.45, 2.75) is 56.0 Å². The van der Waals surface area contributed by atoms with E-state index in [1.165, 1.54) is 16.7 Å². The van der Waals surface area contributed by atoms with Crippen molar-refractivity contribution in [3.8, 4) is 0 Å². The molecule has 208 valence electrons. The first-order valence-electron chi connectivity index (χ1n) is 12.9. The maximum atomic E-state index is 13.9. The summed E-state index contributed by atoms with van der Waals surface area (Å²) in [4.78, 5) is 29.3. The number of nitrogens with one attached hydrogen (secondary N) is 1. The Morgan fingerprint density at radius 2 is 1.51 bits per heavy atom. The van der Waals surface area contributed by atoms with E-state index in [9.17, 15) is 18.0 Å². The van der Waals surface area contributed by atoms with Crippen molar-refractivity contribution in [1.82, 2.24) is 10.2 Å². The molecular formula is C30H37N3O4S2. The lowest BCUT2D eigenvalue weighted by molar-refractivity contribution is -0.139. The van der Waals surface area contributed by atoms with Crippen LogP contribution in [-0.4, -0.2) is 56.6 Å². The number of aryl methyl sites for hydroxylation is 1. The summed E-state index contributed by atoms with van der Waals surface area (Å²) >= 11 is 1.52. The lowest BCUT2D eigenvalue weighted by atomic mass is 10.1. The summed E-state index contributed by atoms with van der Waals surface area (Å²) in [5, 5.41) is 2.87. The summed E-state index contributed by atoms with van der Waals surface area (Å²) in [6.07, 6.45) is 2.45. The van der Waals surface area contributed by atoms with Crippen LogP contribution in [0.15, 0.2) is 88.7 Å². The number of hydrogen-bond donors (Lipinski definition) is 1. The standard InChI is InChI=1S/C30H37N3O4S2/c1-22(2)31-30(35)24(4)32(20-19-25-9-7-6-8-10-25)29(34)21-33(26-13-11-23(3)12-14-26)39(36,37)28-17-15-27(38-5)16-18-28/h6-18,22,24H,19-21H2,1-5H3,(H,31,35)/t24-/m0/s1. The van der Waals surface area contributed by atoms with Crippen LogP contribution >= 0.6 is 11.8 Å². The molecule has 0 aromatic heterocycles. The van der Waals surface area contributed by atoms with Crippen LogP contribution in [0, 0.1) is 6.92 Å². The molecule has 3 aromatic rings. The third-order valence-corrected chi connectivity index (χ3v) is 8.86. The Bertz CT molecular complexity index is 1340. The van der Waals surface area contributed by atoms with E-state index in [-0.39, 0.29) is 23.4 Å². The van der Waals surface area contributed by atoms with Gasteiger partial charge in [0.1, 0.15) is 12.6 Å². The van der Waals surface area contributed by atoms with Gasteiger partial charge in [0.25, 0.3) is 10.0 Å². The van der Waals surface area contributed by atoms with Gasteiger partial charge in [-0.1, -0.05) is 48.0 Å². The second kappa shape index (κ2) is 13.7. The molecule has 0 bridgehead atoms. The number of carbonyl (C=O) groups is 2. The highest BCUT2D eigenvalue weighted by Gasteiger charge is 2.32. The van der Waals surface area contributed by atoms with Gasteiger partial charge in [-0.15, -0.1) is 11.8 Å². The highest BCUT2D eigenvalue weighted by atomic mass is 32.2. The zero-order chi connectivity index (χ0) is 28.6. The van der Waals surface area contributed by atoms with Gasteiger partial charge in [0.2, 0.25) is 11.8 Å². The molecule has 39 heavy (non-hydrogen) atoms. The van der Waals surface area contributed by atoms with Crippen molar-refractivity contribution >= 4 is 39.3 Å². The fraction of sp³-hybridized carbons (Fsp3) is 0.333. The zero-order valence-electron chi connectivity index (χ0n) is 23.1.